The van der Waals surface area contributed by atoms with Gasteiger partial charge >= 0.3 is 0 Å². The van der Waals surface area contributed by atoms with Gasteiger partial charge in [-0.1, -0.05) is 36.4 Å². The molecule has 1 aliphatic heterocycles. The molecule has 0 bridgehead atoms. The van der Waals surface area contributed by atoms with Crippen LogP contribution in [0.4, 0.5) is 5.69 Å². The lowest BCUT2D eigenvalue weighted by molar-refractivity contribution is -0.118. The summed E-state index contributed by atoms with van der Waals surface area (Å²) in [5.41, 5.74) is 5.27. The van der Waals surface area contributed by atoms with E-state index in [0.29, 0.717) is 38.2 Å². The third kappa shape index (κ3) is 8.26. The van der Waals surface area contributed by atoms with Crippen molar-refractivity contribution in [2.75, 3.05) is 67.0 Å². The predicted octanol–water partition coefficient (Wildman–Crippen LogP) is 4.08. The summed E-state index contributed by atoms with van der Waals surface area (Å²) in [5.74, 6) is 1.48. The molecule has 9 heteroatoms. The monoisotopic (exact) mass is 590 g/mol. The fraction of sp³-hybridized carbons (Fsp3) is 0.441. The second kappa shape index (κ2) is 14.7. The Morgan fingerprint density at radius 3 is 2.44 bits per heavy atom. The largest absolute Gasteiger partial charge is 0.496 e. The molecule has 43 heavy (non-hydrogen) atoms. The third-order valence-electron chi connectivity index (χ3n) is 7.83. The first-order chi connectivity index (χ1) is 20.6. The Balaban J connectivity index is 1.64. The van der Waals surface area contributed by atoms with Gasteiger partial charge in [0.2, 0.25) is 0 Å². The molecule has 9 nitrogen and oxygen atoms in total. The fourth-order valence-electron chi connectivity index (χ4n) is 5.50. The zero-order valence-electron chi connectivity index (χ0n) is 26.5. The van der Waals surface area contributed by atoms with E-state index in [2.05, 4.69) is 16.3 Å². The van der Waals surface area contributed by atoms with E-state index < -0.39 is 6.10 Å². The summed E-state index contributed by atoms with van der Waals surface area (Å²) < 4.78 is 11.5. The molecule has 0 aromatic heterocycles. The van der Waals surface area contributed by atoms with E-state index in [4.69, 9.17) is 14.3 Å². The second-order valence-corrected chi connectivity index (χ2v) is 11.7. The van der Waals surface area contributed by atoms with Gasteiger partial charge in [-0.2, -0.15) is 5.06 Å². The van der Waals surface area contributed by atoms with Gasteiger partial charge in [0, 0.05) is 61.5 Å². The van der Waals surface area contributed by atoms with Crippen LogP contribution in [0, 0.1) is 5.92 Å². The van der Waals surface area contributed by atoms with Gasteiger partial charge in [0.25, 0.3) is 5.91 Å². The molecule has 2 N–H and O–H groups in total. The first-order valence-corrected chi connectivity index (χ1v) is 14.7. The Kier molecular flexibility index (Phi) is 11.0. The third-order valence-corrected chi connectivity index (χ3v) is 7.83. The van der Waals surface area contributed by atoms with Crippen LogP contribution >= 0.6 is 0 Å². The number of hydrogen-bond acceptors (Lipinski definition) is 8. The zero-order valence-corrected chi connectivity index (χ0v) is 26.5. The Hall–Kier alpha value is -3.63. The van der Waals surface area contributed by atoms with E-state index in [1.54, 1.807) is 21.1 Å². The number of rotatable bonds is 13. The quantitative estimate of drug-likeness (QED) is 0.308. The van der Waals surface area contributed by atoms with Crippen LogP contribution in [0.2, 0.25) is 0 Å². The van der Waals surface area contributed by atoms with Gasteiger partial charge in [0.1, 0.15) is 11.5 Å². The number of ether oxygens (including phenoxy) is 2. The molecule has 3 aromatic carbocycles. The first-order valence-electron chi connectivity index (χ1n) is 14.7. The van der Waals surface area contributed by atoms with Crippen molar-refractivity contribution in [1.82, 2.24) is 15.3 Å². The van der Waals surface area contributed by atoms with Crippen molar-refractivity contribution >= 4 is 11.6 Å². The second-order valence-electron chi connectivity index (χ2n) is 11.7. The highest BCUT2D eigenvalue weighted by Crippen LogP contribution is 2.37. The number of nitrogens with one attached hydrogen (secondary N) is 1. The number of amides is 1. The van der Waals surface area contributed by atoms with E-state index in [0.717, 1.165) is 39.4 Å². The van der Waals surface area contributed by atoms with Crippen molar-refractivity contribution in [3.05, 3.63) is 77.4 Å². The number of carbonyl (C=O) groups is 1. The predicted molar refractivity (Wildman–Crippen MR) is 171 cm³/mol. The molecule has 1 heterocycles. The molecule has 0 unspecified atom stereocenters. The van der Waals surface area contributed by atoms with Crippen LogP contribution in [-0.2, 0) is 17.8 Å². The maximum absolute atomic E-state index is 13.8. The van der Waals surface area contributed by atoms with Crippen molar-refractivity contribution in [2.45, 2.75) is 32.0 Å². The van der Waals surface area contributed by atoms with Crippen LogP contribution in [0.15, 0.2) is 60.7 Å². The SMILES string of the molecule is COc1ccccc1C[C@@H](CN(C)C)NC(=O)c1cc(-c2cccc(CN3C[C@H]([C@H](C)O)CO3)c2OC)cc(N(C)C)c1. The zero-order chi connectivity index (χ0) is 31.1. The van der Waals surface area contributed by atoms with Gasteiger partial charge < -0.3 is 29.7 Å². The highest BCUT2D eigenvalue weighted by Gasteiger charge is 2.28. The maximum atomic E-state index is 13.8. The molecular weight excluding hydrogens is 544 g/mol. The van der Waals surface area contributed by atoms with Crippen LogP contribution in [-0.4, -0.2) is 95.2 Å². The summed E-state index contributed by atoms with van der Waals surface area (Å²) in [5, 5.41) is 15.1. The number of anilines is 1. The van der Waals surface area contributed by atoms with Gasteiger partial charge in [-0.15, -0.1) is 0 Å². The number of aliphatic hydroxyl groups is 1. The van der Waals surface area contributed by atoms with Crippen LogP contribution in [0.5, 0.6) is 11.5 Å². The first kappa shape index (κ1) is 32.3. The van der Waals surface area contributed by atoms with E-state index in [1.165, 1.54) is 0 Å². The van der Waals surface area contributed by atoms with E-state index in [-0.39, 0.29) is 17.9 Å². The molecule has 1 amide bonds. The number of aliphatic hydroxyl groups excluding tert-OH is 1. The topological polar surface area (TPSA) is 86.7 Å². The molecule has 1 fully saturated rings. The molecule has 232 valence electrons. The number of likely N-dealkylation sites (N-methyl/N-ethyl adjacent to an activating group) is 1. The normalized spacial score (nSPS) is 16.6. The van der Waals surface area contributed by atoms with E-state index in [1.807, 2.05) is 92.8 Å². The van der Waals surface area contributed by atoms with Gasteiger partial charge in [-0.25, -0.2) is 0 Å². The van der Waals surface area contributed by atoms with E-state index >= 15 is 0 Å². The standard InChI is InChI=1S/C34H46N4O5/c1-23(39)28-20-38(43-22-28)19-25-12-10-13-31(33(25)42-7)26-15-27(18-30(17-26)37(4)5)34(40)35-29(21-36(2)3)16-24-11-8-9-14-32(24)41-6/h8-15,17-18,23,28-29,39H,16,19-22H2,1-7H3,(H,35,40)/t23-,28-,29-/m0/s1. The van der Waals surface area contributed by atoms with E-state index in [9.17, 15) is 9.90 Å². The van der Waals surface area contributed by atoms with Crippen molar-refractivity contribution in [2.24, 2.45) is 5.92 Å². The lowest BCUT2D eigenvalue weighted by atomic mass is 9.97. The van der Waals surface area contributed by atoms with Gasteiger partial charge in [0.15, 0.2) is 0 Å². The highest BCUT2D eigenvalue weighted by atomic mass is 16.7. The summed E-state index contributed by atoms with van der Waals surface area (Å²) >= 11 is 0. The maximum Gasteiger partial charge on any atom is 0.251 e. The molecule has 0 radical (unpaired) electrons. The van der Waals surface area contributed by atoms with Crippen LogP contribution in [0.25, 0.3) is 11.1 Å². The number of nitrogens with zero attached hydrogens (tertiary/aromatic N) is 3. The molecule has 3 atom stereocenters. The molecule has 0 aliphatic carbocycles. The van der Waals surface area contributed by atoms with Gasteiger partial charge in [-0.05, 0) is 62.8 Å². The number of benzene rings is 3. The highest BCUT2D eigenvalue weighted by molar-refractivity contribution is 5.97. The minimum atomic E-state index is -0.427. The number of para-hydroxylation sites is 2. The summed E-state index contributed by atoms with van der Waals surface area (Å²) in [7, 11) is 11.3. The summed E-state index contributed by atoms with van der Waals surface area (Å²) in [4.78, 5) is 23.7. The lowest BCUT2D eigenvalue weighted by Gasteiger charge is -2.24. The number of hydrogen-bond donors (Lipinski definition) is 2. The van der Waals surface area contributed by atoms with Gasteiger partial charge in [-0.3, -0.25) is 9.63 Å². The van der Waals surface area contributed by atoms with Crippen molar-refractivity contribution in [3.8, 4) is 22.6 Å². The average Bonchev–Trinajstić information content (AvgIpc) is 3.45. The van der Waals surface area contributed by atoms with Crippen LogP contribution in [0.3, 0.4) is 0 Å². The Morgan fingerprint density at radius 1 is 1.05 bits per heavy atom. The minimum absolute atomic E-state index is 0.0753. The average molecular weight is 591 g/mol. The number of carbonyl (C=O) groups excluding carboxylic acids is 1. The summed E-state index contributed by atoms with van der Waals surface area (Å²) in [6.45, 7) is 4.14. The molecular formula is C34H46N4O5. The molecule has 1 saturated heterocycles. The molecule has 0 saturated carbocycles. The van der Waals surface area contributed by atoms with Crippen molar-refractivity contribution in [3.63, 3.8) is 0 Å². The van der Waals surface area contributed by atoms with Gasteiger partial charge in [0.05, 0.1) is 33.5 Å². The minimum Gasteiger partial charge on any atom is -0.496 e. The summed E-state index contributed by atoms with van der Waals surface area (Å²) in [6.07, 6.45) is 0.210. The lowest BCUT2D eigenvalue weighted by Crippen LogP contribution is -2.43. The van der Waals surface area contributed by atoms with Crippen LogP contribution in [0.1, 0.15) is 28.4 Å². The smallest absolute Gasteiger partial charge is 0.251 e. The van der Waals surface area contributed by atoms with Crippen molar-refractivity contribution in [1.29, 1.82) is 0 Å². The Labute approximate surface area is 255 Å². The Morgan fingerprint density at radius 2 is 1.79 bits per heavy atom. The molecule has 0 spiro atoms. The van der Waals surface area contributed by atoms with Crippen molar-refractivity contribution < 1.29 is 24.2 Å². The molecule has 3 aromatic rings. The Bertz CT molecular complexity index is 1380. The van der Waals surface area contributed by atoms with Crippen LogP contribution < -0.4 is 19.7 Å². The number of hydroxylamine groups is 2. The number of methoxy groups -OCH3 is 2. The molecule has 1 aliphatic rings. The summed E-state index contributed by atoms with van der Waals surface area (Å²) in [6, 6.07) is 19.7. The fourth-order valence-corrected chi connectivity index (χ4v) is 5.50. The molecule has 4 rings (SSSR count).